The van der Waals surface area contributed by atoms with Crippen LogP contribution in [0.25, 0.3) is 0 Å². The van der Waals surface area contributed by atoms with Crippen molar-refractivity contribution in [2.24, 2.45) is 0 Å². The van der Waals surface area contributed by atoms with Crippen molar-refractivity contribution >= 4 is 34.7 Å². The van der Waals surface area contributed by atoms with Gasteiger partial charge in [0.15, 0.2) is 0 Å². The zero-order chi connectivity index (χ0) is 19.3. The van der Waals surface area contributed by atoms with Crippen molar-refractivity contribution in [3.05, 3.63) is 53.6 Å². The highest BCUT2D eigenvalue weighted by molar-refractivity contribution is 6.31. The summed E-state index contributed by atoms with van der Waals surface area (Å²) in [6.45, 7) is 4.39. The second-order valence-corrected chi connectivity index (χ2v) is 7.57. The van der Waals surface area contributed by atoms with Crippen molar-refractivity contribution in [2.45, 2.75) is 12.5 Å². The summed E-state index contributed by atoms with van der Waals surface area (Å²) in [4.78, 5) is 16.9. The molecule has 28 heavy (non-hydrogen) atoms. The number of para-hydroxylation sites is 1. The number of likely N-dealkylation sites (tertiary alicyclic amines) is 1. The highest BCUT2D eigenvalue weighted by atomic mass is 35.5. The molecule has 0 unspecified atom stereocenters. The SMILES string of the molecule is O=C(Nc1cc(Cl)ccc1N1CCOCC1)N1CC[C@H](Nc2ccccc2)C1. The van der Waals surface area contributed by atoms with Gasteiger partial charge in [0.2, 0.25) is 0 Å². The van der Waals surface area contributed by atoms with Crippen molar-refractivity contribution in [2.75, 3.05) is 54.9 Å². The molecule has 2 fully saturated rings. The fraction of sp³-hybridized carbons (Fsp3) is 0.381. The number of rotatable bonds is 4. The molecule has 2 aliphatic heterocycles. The number of carbonyl (C=O) groups is 1. The molecular formula is C21H25ClN4O2. The lowest BCUT2D eigenvalue weighted by Crippen LogP contribution is -2.38. The Morgan fingerprint density at radius 1 is 1.07 bits per heavy atom. The quantitative estimate of drug-likeness (QED) is 0.817. The fourth-order valence-electron chi connectivity index (χ4n) is 3.72. The predicted molar refractivity (Wildman–Crippen MR) is 114 cm³/mol. The van der Waals surface area contributed by atoms with E-state index in [4.69, 9.17) is 16.3 Å². The second-order valence-electron chi connectivity index (χ2n) is 7.13. The van der Waals surface area contributed by atoms with E-state index in [1.54, 1.807) is 0 Å². The maximum absolute atomic E-state index is 12.9. The molecule has 0 bridgehead atoms. The summed E-state index contributed by atoms with van der Waals surface area (Å²) in [5.41, 5.74) is 2.82. The number of halogens is 1. The Morgan fingerprint density at radius 2 is 1.86 bits per heavy atom. The minimum Gasteiger partial charge on any atom is -0.380 e. The molecular weight excluding hydrogens is 376 g/mol. The van der Waals surface area contributed by atoms with Crippen LogP contribution in [0, 0.1) is 0 Å². The van der Waals surface area contributed by atoms with E-state index < -0.39 is 0 Å². The van der Waals surface area contributed by atoms with Gasteiger partial charge in [-0.3, -0.25) is 0 Å². The Morgan fingerprint density at radius 3 is 2.64 bits per heavy atom. The van der Waals surface area contributed by atoms with Crippen LogP contribution in [-0.2, 0) is 4.74 Å². The minimum atomic E-state index is -0.0888. The summed E-state index contributed by atoms with van der Waals surface area (Å²) in [7, 11) is 0. The fourth-order valence-corrected chi connectivity index (χ4v) is 3.89. The van der Waals surface area contributed by atoms with Crippen LogP contribution < -0.4 is 15.5 Å². The molecule has 0 aromatic heterocycles. The monoisotopic (exact) mass is 400 g/mol. The Kier molecular flexibility index (Phi) is 5.88. The van der Waals surface area contributed by atoms with E-state index in [1.165, 1.54) is 0 Å². The number of morpholine rings is 1. The molecule has 4 rings (SSSR count). The van der Waals surface area contributed by atoms with Gasteiger partial charge in [-0.05, 0) is 36.8 Å². The summed E-state index contributed by atoms with van der Waals surface area (Å²) in [6.07, 6.45) is 0.925. The number of ether oxygens (including phenoxy) is 1. The molecule has 2 aromatic carbocycles. The average Bonchev–Trinajstić information content (AvgIpc) is 3.18. The van der Waals surface area contributed by atoms with E-state index in [9.17, 15) is 4.79 Å². The molecule has 7 heteroatoms. The molecule has 2 N–H and O–H groups in total. The van der Waals surface area contributed by atoms with Gasteiger partial charge in [-0.15, -0.1) is 0 Å². The molecule has 2 aromatic rings. The molecule has 6 nitrogen and oxygen atoms in total. The Bertz CT molecular complexity index is 811. The lowest BCUT2D eigenvalue weighted by molar-refractivity contribution is 0.123. The maximum Gasteiger partial charge on any atom is 0.321 e. The van der Waals surface area contributed by atoms with Crippen LogP contribution in [-0.4, -0.2) is 56.4 Å². The third-order valence-electron chi connectivity index (χ3n) is 5.17. The topological polar surface area (TPSA) is 56.8 Å². The Hall–Kier alpha value is -2.44. The first-order chi connectivity index (χ1) is 13.7. The number of benzene rings is 2. The highest BCUT2D eigenvalue weighted by Crippen LogP contribution is 2.30. The predicted octanol–water partition coefficient (Wildman–Crippen LogP) is 3.89. The largest absolute Gasteiger partial charge is 0.380 e. The summed E-state index contributed by atoms with van der Waals surface area (Å²) >= 11 is 6.19. The second kappa shape index (κ2) is 8.71. The van der Waals surface area contributed by atoms with Gasteiger partial charge in [0.1, 0.15) is 0 Å². The number of hydrogen-bond acceptors (Lipinski definition) is 4. The number of hydrogen-bond donors (Lipinski definition) is 2. The standard InChI is InChI=1S/C21H25ClN4O2/c22-16-6-7-20(25-10-12-28-13-11-25)19(14-16)24-21(27)26-9-8-18(15-26)23-17-4-2-1-3-5-17/h1-7,14,18,23H,8-13,15H2,(H,24,27)/t18-/m0/s1. The normalized spacial score (nSPS) is 19.5. The van der Waals surface area contributed by atoms with Crippen LogP contribution in [0.15, 0.2) is 48.5 Å². The summed E-state index contributed by atoms with van der Waals surface area (Å²) in [6, 6.07) is 15.9. The van der Waals surface area contributed by atoms with Crippen molar-refractivity contribution in [3.63, 3.8) is 0 Å². The summed E-state index contributed by atoms with van der Waals surface area (Å²) in [5, 5.41) is 7.17. The first kappa shape index (κ1) is 18.9. The average molecular weight is 401 g/mol. The highest BCUT2D eigenvalue weighted by Gasteiger charge is 2.27. The Labute approximate surface area is 170 Å². The minimum absolute atomic E-state index is 0.0888. The molecule has 2 amide bonds. The molecule has 1 atom stereocenters. The molecule has 2 heterocycles. The zero-order valence-corrected chi connectivity index (χ0v) is 16.5. The summed E-state index contributed by atoms with van der Waals surface area (Å²) in [5.74, 6) is 0. The van der Waals surface area contributed by atoms with Crippen molar-refractivity contribution in [1.29, 1.82) is 0 Å². The van der Waals surface area contributed by atoms with E-state index in [2.05, 4.69) is 15.5 Å². The van der Waals surface area contributed by atoms with E-state index in [-0.39, 0.29) is 12.1 Å². The third-order valence-corrected chi connectivity index (χ3v) is 5.41. The molecule has 2 aliphatic rings. The number of anilines is 3. The van der Waals surface area contributed by atoms with E-state index in [0.29, 0.717) is 24.8 Å². The number of amides is 2. The van der Waals surface area contributed by atoms with Crippen LogP contribution >= 0.6 is 11.6 Å². The molecule has 0 radical (unpaired) electrons. The van der Waals surface area contributed by atoms with Gasteiger partial charge in [-0.1, -0.05) is 29.8 Å². The van der Waals surface area contributed by atoms with Crippen LogP contribution in [0.5, 0.6) is 0 Å². The van der Waals surface area contributed by atoms with Crippen molar-refractivity contribution in [1.82, 2.24) is 4.90 Å². The molecule has 0 spiro atoms. The van der Waals surface area contributed by atoms with E-state index in [1.807, 2.05) is 53.4 Å². The first-order valence-electron chi connectivity index (χ1n) is 9.69. The smallest absolute Gasteiger partial charge is 0.321 e. The Balaban J connectivity index is 1.40. The number of nitrogens with zero attached hydrogens (tertiary/aromatic N) is 2. The van der Waals surface area contributed by atoms with Crippen molar-refractivity contribution < 1.29 is 9.53 Å². The molecule has 2 saturated heterocycles. The molecule has 0 aliphatic carbocycles. The van der Waals surface area contributed by atoms with Crippen LogP contribution in [0.4, 0.5) is 21.9 Å². The van der Waals surface area contributed by atoms with Gasteiger partial charge >= 0.3 is 6.03 Å². The lowest BCUT2D eigenvalue weighted by atomic mass is 10.2. The van der Waals surface area contributed by atoms with Gasteiger partial charge in [0, 0.05) is 42.9 Å². The van der Waals surface area contributed by atoms with Crippen LogP contribution in [0.3, 0.4) is 0 Å². The van der Waals surface area contributed by atoms with Crippen molar-refractivity contribution in [3.8, 4) is 0 Å². The first-order valence-corrected chi connectivity index (χ1v) is 10.1. The van der Waals surface area contributed by atoms with E-state index in [0.717, 1.165) is 43.1 Å². The van der Waals surface area contributed by atoms with E-state index >= 15 is 0 Å². The summed E-state index contributed by atoms with van der Waals surface area (Å²) < 4.78 is 5.44. The van der Waals surface area contributed by atoms with Crippen LogP contribution in [0.2, 0.25) is 5.02 Å². The third kappa shape index (κ3) is 4.51. The van der Waals surface area contributed by atoms with Gasteiger partial charge in [-0.25, -0.2) is 4.79 Å². The number of urea groups is 1. The van der Waals surface area contributed by atoms with Gasteiger partial charge in [0.05, 0.1) is 24.6 Å². The maximum atomic E-state index is 12.9. The van der Waals surface area contributed by atoms with Crippen LogP contribution in [0.1, 0.15) is 6.42 Å². The van der Waals surface area contributed by atoms with Gasteiger partial charge in [0.25, 0.3) is 0 Å². The number of nitrogens with one attached hydrogen (secondary N) is 2. The number of carbonyl (C=O) groups excluding carboxylic acids is 1. The zero-order valence-electron chi connectivity index (χ0n) is 15.7. The van der Waals surface area contributed by atoms with Gasteiger partial charge < -0.3 is 25.2 Å². The lowest BCUT2D eigenvalue weighted by Gasteiger charge is -2.31. The van der Waals surface area contributed by atoms with Gasteiger partial charge in [-0.2, -0.15) is 0 Å². The molecule has 0 saturated carbocycles. The molecule has 148 valence electrons.